The van der Waals surface area contributed by atoms with Gasteiger partial charge in [0, 0.05) is 33.2 Å². The van der Waals surface area contributed by atoms with E-state index in [9.17, 15) is 4.11 Å². The summed E-state index contributed by atoms with van der Waals surface area (Å²) in [6.07, 6.45) is 0. The molecule has 0 bridgehead atoms. The Morgan fingerprint density at radius 1 is 0.345 bits per heavy atom. The van der Waals surface area contributed by atoms with Crippen molar-refractivity contribution < 1.29 is 16.4 Å². The SMILES string of the molecule is [2H]c1c([2H])c([2H])c(-n2c3c([2H])c([2H])c([2H])c([2H])c3c3c([2H])c(-c4cccc(-c5nc(-c6ccc(-c7ccccc7)cc6)nc(-c6cccc(-c7ccccc7)c6)n5)c4)c([2H])c([2H])c32)c([2H])c1[2H]. The molecule has 0 aliphatic carbocycles. The quantitative estimate of drug-likeness (QED) is 0.165. The zero-order valence-corrected chi connectivity index (χ0v) is 29.0. The van der Waals surface area contributed by atoms with E-state index in [-0.39, 0.29) is 39.2 Å². The summed E-state index contributed by atoms with van der Waals surface area (Å²) in [5.41, 5.74) is 5.17. The summed E-state index contributed by atoms with van der Waals surface area (Å²) < 4.78 is 107. The van der Waals surface area contributed by atoms with Gasteiger partial charge in [0.15, 0.2) is 17.5 Å². The summed E-state index contributed by atoms with van der Waals surface area (Å²) in [4.78, 5) is 14.9. The van der Waals surface area contributed by atoms with Crippen molar-refractivity contribution in [3.63, 3.8) is 0 Å². The predicted molar refractivity (Wildman–Crippen MR) is 227 cm³/mol. The van der Waals surface area contributed by atoms with Crippen molar-refractivity contribution in [1.29, 1.82) is 0 Å². The Morgan fingerprint density at radius 3 is 1.47 bits per heavy atom. The second-order valence-corrected chi connectivity index (χ2v) is 12.8. The van der Waals surface area contributed by atoms with E-state index in [1.54, 1.807) is 24.3 Å². The van der Waals surface area contributed by atoms with Crippen molar-refractivity contribution in [3.05, 3.63) is 206 Å². The Hall–Kier alpha value is -7.43. The summed E-state index contributed by atoms with van der Waals surface area (Å²) in [5, 5.41) is -0.358. The maximum atomic E-state index is 9.72. The molecule has 10 aromatic rings. The average Bonchev–Trinajstić information content (AvgIpc) is 3.72. The van der Waals surface area contributed by atoms with Crippen LogP contribution in [0.1, 0.15) is 16.4 Å². The van der Waals surface area contributed by atoms with Gasteiger partial charge in [-0.2, -0.15) is 0 Å². The first-order chi connectivity index (χ1) is 32.2. The van der Waals surface area contributed by atoms with Crippen LogP contribution in [0.25, 0.3) is 95.0 Å². The lowest BCUT2D eigenvalue weighted by molar-refractivity contribution is 1.07. The van der Waals surface area contributed by atoms with Crippen molar-refractivity contribution in [3.8, 4) is 73.2 Å². The van der Waals surface area contributed by atoms with E-state index in [1.165, 1.54) is 0 Å². The van der Waals surface area contributed by atoms with Gasteiger partial charge in [0.2, 0.25) is 0 Å². The third-order valence-electron chi connectivity index (χ3n) is 9.39. The topological polar surface area (TPSA) is 43.6 Å². The molecule has 0 amide bonds. The van der Waals surface area contributed by atoms with Gasteiger partial charge in [0.1, 0.15) is 0 Å². The monoisotopic (exact) mass is 714 g/mol. The molecule has 0 atom stereocenters. The van der Waals surface area contributed by atoms with E-state index in [4.69, 9.17) is 27.3 Å². The zero-order chi connectivity index (χ0) is 47.0. The van der Waals surface area contributed by atoms with E-state index < -0.39 is 72.2 Å². The summed E-state index contributed by atoms with van der Waals surface area (Å²) in [6.45, 7) is 0. The Bertz CT molecular complexity index is 3630. The molecule has 4 heteroatoms. The minimum atomic E-state index is -0.707. The van der Waals surface area contributed by atoms with Gasteiger partial charge in [-0.3, -0.25) is 0 Å². The van der Waals surface area contributed by atoms with Gasteiger partial charge in [-0.15, -0.1) is 0 Å². The summed E-state index contributed by atoms with van der Waals surface area (Å²) in [7, 11) is 0. The summed E-state index contributed by atoms with van der Waals surface area (Å²) >= 11 is 0. The van der Waals surface area contributed by atoms with Crippen molar-refractivity contribution >= 4 is 21.8 Å². The van der Waals surface area contributed by atoms with Crippen molar-refractivity contribution in [2.45, 2.75) is 0 Å². The van der Waals surface area contributed by atoms with E-state index in [0.29, 0.717) is 22.8 Å². The molecule has 10 rings (SSSR count). The molecule has 0 unspecified atom stereocenters. The summed E-state index contributed by atoms with van der Waals surface area (Å²) in [5.74, 6) is 1.06. The zero-order valence-electron chi connectivity index (χ0n) is 41.0. The molecule has 8 aromatic carbocycles. The van der Waals surface area contributed by atoms with Gasteiger partial charge in [-0.1, -0.05) is 164 Å². The highest BCUT2D eigenvalue weighted by atomic mass is 15.0. The number of rotatable bonds is 7. The smallest absolute Gasteiger partial charge is 0.164 e. The number of benzene rings is 8. The number of nitrogens with zero attached hydrogens (tertiary/aromatic N) is 4. The van der Waals surface area contributed by atoms with Crippen LogP contribution in [0.4, 0.5) is 0 Å². The molecule has 0 aliphatic heterocycles. The van der Waals surface area contributed by atoms with Gasteiger partial charge in [0.05, 0.1) is 27.5 Å². The van der Waals surface area contributed by atoms with E-state index in [1.807, 2.05) is 109 Å². The van der Waals surface area contributed by atoms with Gasteiger partial charge >= 0.3 is 0 Å². The van der Waals surface area contributed by atoms with E-state index >= 15 is 0 Å². The van der Waals surface area contributed by atoms with Crippen molar-refractivity contribution in [1.82, 2.24) is 19.5 Å². The molecule has 0 fully saturated rings. The molecule has 0 radical (unpaired) electrons. The van der Waals surface area contributed by atoms with Crippen LogP contribution < -0.4 is 0 Å². The van der Waals surface area contributed by atoms with Crippen LogP contribution in [0.15, 0.2) is 206 Å². The first-order valence-electron chi connectivity index (χ1n) is 23.5. The highest BCUT2D eigenvalue weighted by molar-refractivity contribution is 6.10. The molecule has 0 saturated carbocycles. The maximum absolute atomic E-state index is 9.72. The lowest BCUT2D eigenvalue weighted by Crippen LogP contribution is -2.00. The van der Waals surface area contributed by atoms with Crippen LogP contribution in [-0.4, -0.2) is 19.5 Å². The van der Waals surface area contributed by atoms with Crippen LogP contribution >= 0.6 is 0 Å². The Labute approximate surface area is 336 Å². The molecule has 2 heterocycles. The molecule has 0 spiro atoms. The lowest BCUT2D eigenvalue weighted by atomic mass is 10.00. The first kappa shape index (κ1) is 21.9. The van der Waals surface area contributed by atoms with Crippen LogP contribution in [0, 0.1) is 0 Å². The van der Waals surface area contributed by atoms with Crippen molar-refractivity contribution in [2.24, 2.45) is 0 Å². The Morgan fingerprint density at radius 2 is 0.818 bits per heavy atom. The van der Waals surface area contributed by atoms with Crippen LogP contribution in [0.2, 0.25) is 0 Å². The fourth-order valence-corrected chi connectivity index (χ4v) is 6.73. The Balaban J connectivity index is 1.19. The number of hydrogen-bond acceptors (Lipinski definition) is 3. The Kier molecular flexibility index (Phi) is 5.52. The van der Waals surface area contributed by atoms with E-state index in [2.05, 4.69) is 0 Å². The molecule has 258 valence electrons. The highest BCUT2D eigenvalue weighted by Crippen LogP contribution is 2.36. The second kappa shape index (κ2) is 13.8. The molecular weight excluding hydrogens is 669 g/mol. The van der Waals surface area contributed by atoms with Gasteiger partial charge in [-0.25, -0.2) is 15.0 Å². The maximum Gasteiger partial charge on any atom is 0.164 e. The molecule has 0 aliphatic rings. The minimum Gasteiger partial charge on any atom is -0.309 e. The van der Waals surface area contributed by atoms with Crippen LogP contribution in [0.3, 0.4) is 0 Å². The third kappa shape index (κ3) is 6.16. The van der Waals surface area contributed by atoms with Crippen molar-refractivity contribution in [2.75, 3.05) is 0 Å². The highest BCUT2D eigenvalue weighted by Gasteiger charge is 2.16. The van der Waals surface area contributed by atoms with Gasteiger partial charge in [-0.05, 0) is 75.7 Å². The largest absolute Gasteiger partial charge is 0.309 e. The van der Waals surface area contributed by atoms with Gasteiger partial charge in [0.25, 0.3) is 0 Å². The van der Waals surface area contributed by atoms with Crippen LogP contribution in [0.5, 0.6) is 0 Å². The molecule has 0 saturated heterocycles. The fraction of sp³-hybridized carbons (Fsp3) is 0. The van der Waals surface area contributed by atoms with E-state index in [0.717, 1.165) is 37.9 Å². The standard InChI is InChI=1S/C51H34N4/c1-4-14-35(15-5-1)37-26-28-38(29-27-37)49-52-50(42-20-12-18-39(32-42)36-16-6-2-7-17-36)54-51(53-49)43-21-13-19-40(33-43)41-30-31-48-46(34-41)45-24-10-11-25-47(45)55(48)44-22-8-3-9-23-44/h1-34H/i3D,8D,9D,10D,11D,22D,23D,24D,25D,30D,31D,34D. The second-order valence-electron chi connectivity index (χ2n) is 12.8. The predicted octanol–water partition coefficient (Wildman–Crippen LogP) is 13.0. The molecule has 55 heavy (non-hydrogen) atoms. The fourth-order valence-electron chi connectivity index (χ4n) is 6.73. The average molecular weight is 715 g/mol. The molecule has 0 N–H and O–H groups in total. The lowest BCUT2D eigenvalue weighted by Gasteiger charge is -2.11. The van der Waals surface area contributed by atoms with Crippen LogP contribution in [-0.2, 0) is 0 Å². The third-order valence-corrected chi connectivity index (χ3v) is 9.39. The minimum absolute atomic E-state index is 0.0477. The van der Waals surface area contributed by atoms with Gasteiger partial charge < -0.3 is 4.57 Å². The normalized spacial score (nSPS) is 14.3. The number of aromatic nitrogens is 4. The number of fused-ring (bicyclic) bond motifs is 3. The first-order valence-corrected chi connectivity index (χ1v) is 17.5. The molecule has 2 aromatic heterocycles. The number of hydrogen-bond donors (Lipinski definition) is 0. The molecular formula is C51H34N4. The molecule has 4 nitrogen and oxygen atoms in total. The number of para-hydroxylation sites is 2. The summed E-state index contributed by atoms with van der Waals surface area (Å²) in [6, 6.07) is 35.2.